The third-order valence-corrected chi connectivity index (χ3v) is 6.72. The van der Waals surface area contributed by atoms with E-state index in [1.54, 1.807) is 12.1 Å². The van der Waals surface area contributed by atoms with Crippen molar-refractivity contribution in [1.82, 2.24) is 0 Å². The zero-order valence-electron chi connectivity index (χ0n) is 18.5. The molecule has 0 bridgehead atoms. The molecule has 0 radical (unpaired) electrons. The number of aromatic hydroxyl groups is 2. The molecule has 4 aromatic rings. The highest BCUT2D eigenvalue weighted by atomic mass is 16.3. The minimum atomic E-state index is -0.724. The van der Waals surface area contributed by atoms with E-state index >= 15 is 0 Å². The molecule has 0 unspecified atom stereocenters. The predicted molar refractivity (Wildman–Crippen MR) is 135 cm³/mol. The monoisotopic (exact) mass is 430 g/mol. The van der Waals surface area contributed by atoms with Gasteiger partial charge in [-0.25, -0.2) is 0 Å². The van der Waals surface area contributed by atoms with Crippen LogP contribution in [0.4, 0.5) is 0 Å². The number of hydrogen-bond donors (Lipinski definition) is 2. The third-order valence-electron chi connectivity index (χ3n) is 6.72. The Hall–Kier alpha value is -4.04. The van der Waals surface area contributed by atoms with Crippen molar-refractivity contribution in [3.63, 3.8) is 0 Å². The maximum absolute atomic E-state index is 11.6. The van der Waals surface area contributed by atoms with Gasteiger partial charge in [-0.05, 0) is 57.9 Å². The lowest BCUT2D eigenvalue weighted by Gasteiger charge is -2.35. The second-order valence-corrected chi connectivity index (χ2v) is 8.48. The van der Waals surface area contributed by atoms with Gasteiger partial charge in [-0.1, -0.05) is 91.0 Å². The minimum Gasteiger partial charge on any atom is -0.508 e. The van der Waals surface area contributed by atoms with Crippen LogP contribution in [-0.4, -0.2) is 10.2 Å². The van der Waals surface area contributed by atoms with Crippen molar-refractivity contribution in [2.75, 3.05) is 0 Å². The summed E-state index contributed by atoms with van der Waals surface area (Å²) in [5.41, 5.74) is 7.30. The highest BCUT2D eigenvalue weighted by molar-refractivity contribution is 5.87. The van der Waals surface area contributed by atoms with Crippen molar-refractivity contribution in [3.05, 3.63) is 144 Å². The molecular weight excluding hydrogens is 404 g/mol. The van der Waals surface area contributed by atoms with Crippen LogP contribution in [0.1, 0.15) is 33.4 Å². The summed E-state index contributed by atoms with van der Waals surface area (Å²) in [6.07, 6.45) is 4.74. The average molecular weight is 431 g/mol. The molecular formula is C31H26O2. The lowest BCUT2D eigenvalue weighted by Crippen LogP contribution is -2.29. The summed E-state index contributed by atoms with van der Waals surface area (Å²) in [7, 11) is 0. The Labute approximate surface area is 194 Å². The highest BCUT2D eigenvalue weighted by Crippen LogP contribution is 2.58. The maximum Gasteiger partial charge on any atom is 0.123 e. The van der Waals surface area contributed by atoms with Crippen LogP contribution in [0.15, 0.2) is 110 Å². The number of allylic oxidation sites excluding steroid dienone is 2. The topological polar surface area (TPSA) is 40.5 Å². The first kappa shape index (κ1) is 20.8. The van der Waals surface area contributed by atoms with E-state index in [9.17, 15) is 10.2 Å². The summed E-state index contributed by atoms with van der Waals surface area (Å²) >= 11 is 0. The molecule has 33 heavy (non-hydrogen) atoms. The largest absolute Gasteiger partial charge is 0.508 e. The van der Waals surface area contributed by atoms with Crippen LogP contribution in [-0.2, 0) is 18.3 Å². The molecule has 0 heterocycles. The molecule has 0 fully saturated rings. The third kappa shape index (κ3) is 3.02. The summed E-state index contributed by atoms with van der Waals surface area (Å²) in [5.74, 6) is 0.528. The van der Waals surface area contributed by atoms with Crippen molar-refractivity contribution in [2.24, 2.45) is 0 Å². The van der Waals surface area contributed by atoms with E-state index in [4.69, 9.17) is 0 Å². The predicted octanol–water partition coefficient (Wildman–Crippen LogP) is 6.92. The molecule has 0 spiro atoms. The van der Waals surface area contributed by atoms with Crippen molar-refractivity contribution >= 4 is 0 Å². The van der Waals surface area contributed by atoms with Gasteiger partial charge in [-0.2, -0.15) is 0 Å². The van der Waals surface area contributed by atoms with Crippen LogP contribution in [0, 0.1) is 0 Å². The Bertz CT molecular complexity index is 1330. The molecule has 0 aliphatic heterocycles. The van der Waals surface area contributed by atoms with Gasteiger partial charge in [0.25, 0.3) is 0 Å². The molecule has 1 aliphatic carbocycles. The molecule has 0 amide bonds. The van der Waals surface area contributed by atoms with Crippen LogP contribution >= 0.6 is 0 Å². The summed E-state index contributed by atoms with van der Waals surface area (Å²) in [5, 5.41) is 22.1. The average Bonchev–Trinajstić information content (AvgIpc) is 3.14. The van der Waals surface area contributed by atoms with E-state index in [1.165, 1.54) is 0 Å². The number of phenolic OH excluding ortho intramolecular Hbond substituents is 2. The van der Waals surface area contributed by atoms with Crippen molar-refractivity contribution in [3.8, 4) is 22.6 Å². The molecule has 2 heteroatoms. The summed E-state index contributed by atoms with van der Waals surface area (Å²) in [6.45, 7) is 7.72. The lowest BCUT2D eigenvalue weighted by atomic mass is 9.66. The van der Waals surface area contributed by atoms with Gasteiger partial charge in [0, 0.05) is 5.56 Å². The zero-order valence-corrected chi connectivity index (χ0v) is 18.5. The Morgan fingerprint density at radius 1 is 0.636 bits per heavy atom. The van der Waals surface area contributed by atoms with Crippen LogP contribution in [0.5, 0.6) is 11.5 Å². The number of rotatable bonds is 6. The minimum absolute atomic E-state index is 0.248. The first-order valence-corrected chi connectivity index (χ1v) is 11.2. The number of hydrogen-bond acceptors (Lipinski definition) is 2. The molecule has 0 saturated heterocycles. The normalized spacial score (nSPS) is 13.2. The maximum atomic E-state index is 11.6. The standard InChI is InChI=1S/C31H26O2/c1-3-10-21-12-9-17-28(30(21)33)31(23-18-19-29(32)22(20-23)11-4-2)26-15-7-5-13-24(26)25-14-6-8-16-27(25)31/h3-9,12-20,32-33H,1-2,10-11H2. The first-order valence-electron chi connectivity index (χ1n) is 11.2. The molecule has 4 aromatic carbocycles. The smallest absolute Gasteiger partial charge is 0.123 e. The molecule has 0 aromatic heterocycles. The van der Waals surface area contributed by atoms with E-state index < -0.39 is 5.41 Å². The van der Waals surface area contributed by atoms with Gasteiger partial charge in [-0.3, -0.25) is 0 Å². The quantitative estimate of drug-likeness (QED) is 0.287. The Kier molecular flexibility index (Phi) is 5.14. The number of para-hydroxylation sites is 1. The zero-order chi connectivity index (χ0) is 23.0. The summed E-state index contributed by atoms with van der Waals surface area (Å²) in [6, 6.07) is 28.5. The fraction of sp³-hybridized carbons (Fsp3) is 0.0968. The van der Waals surface area contributed by atoms with E-state index in [-0.39, 0.29) is 11.5 Å². The van der Waals surface area contributed by atoms with Gasteiger partial charge in [0.05, 0.1) is 5.41 Å². The Balaban J connectivity index is 1.95. The first-order chi connectivity index (χ1) is 16.1. The fourth-order valence-corrected chi connectivity index (χ4v) is 5.34. The Morgan fingerprint density at radius 3 is 1.85 bits per heavy atom. The molecule has 1 aliphatic rings. The number of phenols is 2. The highest BCUT2D eigenvalue weighted by Gasteiger charge is 2.47. The van der Waals surface area contributed by atoms with Gasteiger partial charge in [0.15, 0.2) is 0 Å². The van der Waals surface area contributed by atoms with Gasteiger partial charge in [0.2, 0.25) is 0 Å². The second kappa shape index (κ2) is 8.14. The van der Waals surface area contributed by atoms with E-state index in [1.807, 2.05) is 30.3 Å². The van der Waals surface area contributed by atoms with Crippen LogP contribution in [0.3, 0.4) is 0 Å². The molecule has 0 saturated carbocycles. The molecule has 2 N–H and O–H groups in total. The van der Waals surface area contributed by atoms with E-state index in [0.717, 1.165) is 44.5 Å². The molecule has 5 rings (SSSR count). The van der Waals surface area contributed by atoms with Crippen LogP contribution < -0.4 is 0 Å². The van der Waals surface area contributed by atoms with Gasteiger partial charge in [0.1, 0.15) is 11.5 Å². The fourth-order valence-electron chi connectivity index (χ4n) is 5.34. The molecule has 2 nitrogen and oxygen atoms in total. The Morgan fingerprint density at radius 2 is 1.21 bits per heavy atom. The van der Waals surface area contributed by atoms with Crippen molar-refractivity contribution < 1.29 is 10.2 Å². The summed E-state index contributed by atoms with van der Waals surface area (Å²) in [4.78, 5) is 0. The van der Waals surface area contributed by atoms with Gasteiger partial charge in [-0.15, -0.1) is 13.2 Å². The van der Waals surface area contributed by atoms with Gasteiger partial charge >= 0.3 is 0 Å². The number of benzene rings is 4. The number of fused-ring (bicyclic) bond motifs is 3. The molecule has 0 atom stereocenters. The molecule has 162 valence electrons. The second-order valence-electron chi connectivity index (χ2n) is 8.48. The van der Waals surface area contributed by atoms with Crippen molar-refractivity contribution in [2.45, 2.75) is 18.3 Å². The van der Waals surface area contributed by atoms with Crippen molar-refractivity contribution in [1.29, 1.82) is 0 Å². The summed E-state index contributed by atoms with van der Waals surface area (Å²) < 4.78 is 0. The lowest BCUT2D eigenvalue weighted by molar-refractivity contribution is 0.455. The van der Waals surface area contributed by atoms with Gasteiger partial charge < -0.3 is 10.2 Å². The SMILES string of the molecule is C=CCc1cc(C2(c3cccc(CC=C)c3O)c3ccccc3-c3ccccc32)ccc1O. The van der Waals surface area contributed by atoms with Crippen LogP contribution in [0.25, 0.3) is 11.1 Å². The van der Waals surface area contributed by atoms with E-state index in [0.29, 0.717) is 12.8 Å². The van der Waals surface area contributed by atoms with Crippen LogP contribution in [0.2, 0.25) is 0 Å². The van der Waals surface area contributed by atoms with E-state index in [2.05, 4.69) is 67.8 Å².